The van der Waals surface area contributed by atoms with Crippen LogP contribution < -0.4 is 0 Å². The number of benzene rings is 1. The zero-order valence-electron chi connectivity index (χ0n) is 9.60. The van der Waals surface area contributed by atoms with Gasteiger partial charge in [0.05, 0.1) is 6.61 Å². The Morgan fingerprint density at radius 3 is 2.69 bits per heavy atom. The molecule has 2 atom stereocenters. The van der Waals surface area contributed by atoms with Gasteiger partial charge in [0, 0.05) is 12.1 Å². The first-order valence-electron chi connectivity index (χ1n) is 6.25. The molecular weight excluding hydrogens is 198 g/mol. The number of hydrogen-bond acceptors (Lipinski definition) is 2. The van der Waals surface area contributed by atoms with Crippen molar-refractivity contribution in [3.05, 3.63) is 35.9 Å². The number of rotatable bonds is 3. The van der Waals surface area contributed by atoms with Gasteiger partial charge in [-0.05, 0) is 37.3 Å². The van der Waals surface area contributed by atoms with Gasteiger partial charge in [-0.3, -0.25) is 4.90 Å². The van der Waals surface area contributed by atoms with Gasteiger partial charge >= 0.3 is 0 Å². The SMILES string of the molecule is OC[C@]12CC[C@H]1CCN2Cc1ccccc1. The topological polar surface area (TPSA) is 23.5 Å². The van der Waals surface area contributed by atoms with E-state index in [1.165, 1.54) is 24.8 Å². The Morgan fingerprint density at radius 2 is 2.06 bits per heavy atom. The summed E-state index contributed by atoms with van der Waals surface area (Å²) in [5.74, 6) is 0.751. The third-order valence-electron chi connectivity index (χ3n) is 4.55. The summed E-state index contributed by atoms with van der Waals surface area (Å²) in [5.41, 5.74) is 1.50. The molecule has 0 aromatic heterocycles. The lowest BCUT2D eigenvalue weighted by atomic mass is 9.67. The van der Waals surface area contributed by atoms with Crippen LogP contribution in [0.3, 0.4) is 0 Å². The molecule has 1 aromatic carbocycles. The van der Waals surface area contributed by atoms with E-state index in [0.717, 1.165) is 19.0 Å². The Bertz CT molecular complexity index is 360. The lowest BCUT2D eigenvalue weighted by Gasteiger charge is -2.49. The molecule has 1 aromatic rings. The Balaban J connectivity index is 1.76. The van der Waals surface area contributed by atoms with Crippen LogP contribution in [0.15, 0.2) is 30.3 Å². The van der Waals surface area contributed by atoms with Gasteiger partial charge in [-0.2, -0.15) is 0 Å². The Hall–Kier alpha value is -0.860. The number of aliphatic hydroxyl groups excluding tert-OH is 1. The summed E-state index contributed by atoms with van der Waals surface area (Å²) in [6.45, 7) is 2.49. The average molecular weight is 217 g/mol. The quantitative estimate of drug-likeness (QED) is 0.837. The average Bonchev–Trinajstić information content (AvgIpc) is 2.52. The van der Waals surface area contributed by atoms with E-state index in [1.54, 1.807) is 0 Å². The van der Waals surface area contributed by atoms with Crippen molar-refractivity contribution in [2.75, 3.05) is 13.2 Å². The molecule has 2 aliphatic rings. The zero-order chi connectivity index (χ0) is 11.0. The number of fused-ring (bicyclic) bond motifs is 1. The highest BCUT2D eigenvalue weighted by Crippen LogP contribution is 2.50. The number of likely N-dealkylation sites (tertiary alicyclic amines) is 1. The van der Waals surface area contributed by atoms with Crippen LogP contribution in [0.2, 0.25) is 0 Å². The summed E-state index contributed by atoms with van der Waals surface area (Å²) in [7, 11) is 0. The van der Waals surface area contributed by atoms with Crippen molar-refractivity contribution in [1.29, 1.82) is 0 Å². The van der Waals surface area contributed by atoms with Gasteiger partial charge in [0.1, 0.15) is 0 Å². The highest BCUT2D eigenvalue weighted by atomic mass is 16.3. The van der Waals surface area contributed by atoms with Crippen molar-refractivity contribution in [2.45, 2.75) is 31.3 Å². The normalized spacial score (nSPS) is 33.4. The fourth-order valence-electron chi connectivity index (χ4n) is 3.39. The highest BCUT2D eigenvalue weighted by Gasteiger charge is 2.54. The Labute approximate surface area is 96.9 Å². The second-order valence-corrected chi connectivity index (χ2v) is 5.19. The summed E-state index contributed by atoms with van der Waals surface area (Å²) in [4.78, 5) is 2.50. The van der Waals surface area contributed by atoms with E-state index in [4.69, 9.17) is 0 Å². The minimum atomic E-state index is 0.135. The molecule has 16 heavy (non-hydrogen) atoms. The van der Waals surface area contributed by atoms with Crippen LogP contribution in [0, 0.1) is 5.92 Å². The van der Waals surface area contributed by atoms with Crippen molar-refractivity contribution in [1.82, 2.24) is 4.90 Å². The monoisotopic (exact) mass is 217 g/mol. The van der Waals surface area contributed by atoms with Crippen molar-refractivity contribution < 1.29 is 5.11 Å². The van der Waals surface area contributed by atoms with Crippen molar-refractivity contribution in [3.63, 3.8) is 0 Å². The standard InChI is InChI=1S/C14H19NO/c16-11-14-8-6-13(14)7-9-15(14)10-12-4-2-1-3-5-12/h1-5,13,16H,6-11H2/t13-,14+/m0/s1. The summed E-state index contributed by atoms with van der Waals surface area (Å²) in [6, 6.07) is 10.6. The predicted molar refractivity (Wildman–Crippen MR) is 64.0 cm³/mol. The Morgan fingerprint density at radius 1 is 1.25 bits per heavy atom. The van der Waals surface area contributed by atoms with E-state index in [1.807, 2.05) is 0 Å². The molecule has 2 heteroatoms. The molecule has 0 spiro atoms. The number of aliphatic hydroxyl groups is 1. The van der Waals surface area contributed by atoms with Gasteiger partial charge in [0.15, 0.2) is 0 Å². The second-order valence-electron chi connectivity index (χ2n) is 5.19. The number of nitrogens with zero attached hydrogens (tertiary/aromatic N) is 1. The lowest BCUT2D eigenvalue weighted by molar-refractivity contribution is -0.0337. The third-order valence-corrected chi connectivity index (χ3v) is 4.55. The number of hydrogen-bond donors (Lipinski definition) is 1. The van der Waals surface area contributed by atoms with Gasteiger partial charge in [-0.1, -0.05) is 30.3 Å². The van der Waals surface area contributed by atoms with Gasteiger partial charge < -0.3 is 5.11 Å². The molecule has 1 saturated carbocycles. The highest BCUT2D eigenvalue weighted by molar-refractivity contribution is 5.17. The molecule has 0 radical (unpaired) electrons. The van der Waals surface area contributed by atoms with Crippen LogP contribution >= 0.6 is 0 Å². The van der Waals surface area contributed by atoms with Crippen LogP contribution in [-0.4, -0.2) is 28.7 Å². The summed E-state index contributed by atoms with van der Waals surface area (Å²) in [5, 5.41) is 9.65. The molecule has 0 amide bonds. The smallest absolute Gasteiger partial charge is 0.0618 e. The minimum Gasteiger partial charge on any atom is -0.394 e. The lowest BCUT2D eigenvalue weighted by Crippen LogP contribution is -2.56. The maximum atomic E-state index is 9.65. The first-order chi connectivity index (χ1) is 7.85. The maximum Gasteiger partial charge on any atom is 0.0618 e. The van der Waals surface area contributed by atoms with Crippen molar-refractivity contribution in [3.8, 4) is 0 Å². The molecule has 1 aliphatic carbocycles. The molecule has 1 heterocycles. The first kappa shape index (κ1) is 10.3. The van der Waals surface area contributed by atoms with Gasteiger partial charge in [0.25, 0.3) is 0 Å². The third kappa shape index (κ3) is 1.40. The largest absolute Gasteiger partial charge is 0.394 e. The van der Waals surface area contributed by atoms with E-state index < -0.39 is 0 Å². The molecule has 1 aliphatic heterocycles. The van der Waals surface area contributed by atoms with Gasteiger partial charge in [0.2, 0.25) is 0 Å². The van der Waals surface area contributed by atoms with Crippen LogP contribution in [-0.2, 0) is 6.54 Å². The second kappa shape index (κ2) is 3.86. The van der Waals surface area contributed by atoms with Crippen LogP contribution in [0.25, 0.3) is 0 Å². The molecule has 3 rings (SSSR count). The molecule has 1 N–H and O–H groups in total. The van der Waals surface area contributed by atoms with Gasteiger partial charge in [-0.15, -0.1) is 0 Å². The fraction of sp³-hybridized carbons (Fsp3) is 0.571. The van der Waals surface area contributed by atoms with Gasteiger partial charge in [-0.25, -0.2) is 0 Å². The molecule has 2 fully saturated rings. The summed E-state index contributed by atoms with van der Waals surface area (Å²) < 4.78 is 0. The van der Waals surface area contributed by atoms with E-state index in [2.05, 4.69) is 35.2 Å². The molecular formula is C14H19NO. The molecule has 86 valence electrons. The van der Waals surface area contributed by atoms with E-state index >= 15 is 0 Å². The Kier molecular flexibility index (Phi) is 2.49. The maximum absolute atomic E-state index is 9.65. The molecule has 0 bridgehead atoms. The summed E-state index contributed by atoms with van der Waals surface area (Å²) >= 11 is 0. The van der Waals surface area contributed by atoms with Crippen molar-refractivity contribution >= 4 is 0 Å². The van der Waals surface area contributed by atoms with Crippen LogP contribution in [0.4, 0.5) is 0 Å². The molecule has 1 saturated heterocycles. The molecule has 2 nitrogen and oxygen atoms in total. The molecule has 0 unspecified atom stereocenters. The van der Waals surface area contributed by atoms with Crippen molar-refractivity contribution in [2.24, 2.45) is 5.92 Å². The van der Waals surface area contributed by atoms with E-state index in [0.29, 0.717) is 6.61 Å². The summed E-state index contributed by atoms with van der Waals surface area (Å²) in [6.07, 6.45) is 3.76. The zero-order valence-corrected chi connectivity index (χ0v) is 9.60. The van der Waals surface area contributed by atoms with Crippen LogP contribution in [0.1, 0.15) is 24.8 Å². The van der Waals surface area contributed by atoms with E-state index in [9.17, 15) is 5.11 Å². The fourth-order valence-corrected chi connectivity index (χ4v) is 3.39. The van der Waals surface area contributed by atoms with Crippen LogP contribution in [0.5, 0.6) is 0 Å². The minimum absolute atomic E-state index is 0.135. The first-order valence-corrected chi connectivity index (χ1v) is 6.25. The van der Waals surface area contributed by atoms with E-state index in [-0.39, 0.29) is 5.54 Å². The predicted octanol–water partition coefficient (Wildman–Crippen LogP) is 2.03.